The highest BCUT2D eigenvalue weighted by atomic mass is 19.1. The van der Waals surface area contributed by atoms with E-state index in [0.29, 0.717) is 16.5 Å². The minimum absolute atomic E-state index is 0.107. The fourth-order valence-corrected chi connectivity index (χ4v) is 2.83. The van der Waals surface area contributed by atoms with Crippen LogP contribution in [-0.2, 0) is 4.79 Å². The van der Waals surface area contributed by atoms with Crippen LogP contribution in [0.1, 0.15) is 5.56 Å². The molecule has 0 saturated carbocycles. The summed E-state index contributed by atoms with van der Waals surface area (Å²) in [6.07, 6.45) is 2.81. The average Bonchev–Trinajstić information content (AvgIpc) is 2.75. The molecule has 1 heterocycles. The molecule has 0 saturated heterocycles. The fraction of sp³-hybridized carbons (Fsp3) is 0. The molecule has 4 aromatic rings. The van der Waals surface area contributed by atoms with E-state index in [1.165, 1.54) is 30.3 Å². The quantitative estimate of drug-likeness (QED) is 0.500. The van der Waals surface area contributed by atoms with E-state index in [2.05, 4.69) is 4.98 Å². The maximum atomic E-state index is 13.3. The van der Waals surface area contributed by atoms with Gasteiger partial charge in [0.2, 0.25) is 0 Å². The fourth-order valence-electron chi connectivity index (χ4n) is 2.83. The third kappa shape index (κ3) is 3.96. The summed E-state index contributed by atoms with van der Waals surface area (Å²) >= 11 is 0. The van der Waals surface area contributed by atoms with E-state index in [-0.39, 0.29) is 5.82 Å². The third-order valence-corrected chi connectivity index (χ3v) is 4.23. The smallest absolute Gasteiger partial charge is 0.327 e. The van der Waals surface area contributed by atoms with Gasteiger partial charge in [0.15, 0.2) is 5.82 Å². The van der Waals surface area contributed by atoms with E-state index in [1.54, 1.807) is 30.3 Å². The SMILES string of the molecule is O=C(/C=C/c1ccccc1)On1c(-c2ccc(F)cc2)nc2ccccc2c1=O. The Bertz CT molecular complexity index is 1260. The van der Waals surface area contributed by atoms with Gasteiger partial charge in [0.05, 0.1) is 10.9 Å². The van der Waals surface area contributed by atoms with E-state index in [1.807, 2.05) is 30.3 Å². The highest BCUT2D eigenvalue weighted by Gasteiger charge is 2.16. The van der Waals surface area contributed by atoms with Crippen LogP contribution in [0.5, 0.6) is 0 Å². The molecule has 5 nitrogen and oxygen atoms in total. The van der Waals surface area contributed by atoms with Gasteiger partial charge in [0, 0.05) is 11.6 Å². The maximum Gasteiger partial charge on any atom is 0.356 e. The van der Waals surface area contributed by atoms with Gasteiger partial charge in [-0.2, -0.15) is 0 Å². The first-order valence-electron chi connectivity index (χ1n) is 8.85. The number of hydrogen-bond donors (Lipinski definition) is 0. The van der Waals surface area contributed by atoms with Crippen molar-refractivity contribution in [3.05, 3.63) is 107 Å². The molecule has 4 rings (SSSR count). The molecule has 0 N–H and O–H groups in total. The van der Waals surface area contributed by atoms with E-state index >= 15 is 0 Å². The van der Waals surface area contributed by atoms with Gasteiger partial charge in [-0.25, -0.2) is 14.2 Å². The van der Waals surface area contributed by atoms with Crippen molar-refractivity contribution in [2.45, 2.75) is 0 Å². The zero-order valence-corrected chi connectivity index (χ0v) is 15.2. The van der Waals surface area contributed by atoms with Crippen molar-refractivity contribution in [3.8, 4) is 11.4 Å². The molecule has 0 radical (unpaired) electrons. The van der Waals surface area contributed by atoms with Crippen LogP contribution in [-0.4, -0.2) is 15.7 Å². The standard InChI is InChI=1S/C23H15FN2O3/c24-18-13-11-17(12-14-18)22-25-20-9-5-4-8-19(20)23(28)26(22)29-21(27)15-10-16-6-2-1-3-7-16/h1-15H/b15-10+. The molecule has 3 aromatic carbocycles. The van der Waals surface area contributed by atoms with Crippen molar-refractivity contribution in [1.29, 1.82) is 0 Å². The van der Waals surface area contributed by atoms with Crippen molar-refractivity contribution < 1.29 is 14.0 Å². The summed E-state index contributed by atoms with van der Waals surface area (Å²) in [5.74, 6) is -1.06. The van der Waals surface area contributed by atoms with E-state index in [4.69, 9.17) is 4.84 Å². The number of rotatable bonds is 4. The lowest BCUT2D eigenvalue weighted by atomic mass is 10.2. The van der Waals surface area contributed by atoms with Crippen molar-refractivity contribution in [2.75, 3.05) is 0 Å². The maximum absolute atomic E-state index is 13.3. The number of para-hydroxylation sites is 1. The lowest BCUT2D eigenvalue weighted by Gasteiger charge is -2.12. The number of carbonyl (C=O) groups excluding carboxylic acids is 1. The van der Waals surface area contributed by atoms with Crippen LogP contribution < -0.4 is 10.4 Å². The van der Waals surface area contributed by atoms with Crippen LogP contribution in [0.3, 0.4) is 0 Å². The molecule has 0 atom stereocenters. The van der Waals surface area contributed by atoms with Crippen LogP contribution in [0.15, 0.2) is 89.7 Å². The number of carbonyl (C=O) groups is 1. The Hall–Kier alpha value is -4.06. The molecule has 0 spiro atoms. The Balaban J connectivity index is 1.77. The van der Waals surface area contributed by atoms with E-state index < -0.39 is 17.3 Å². The summed E-state index contributed by atoms with van der Waals surface area (Å²) in [6.45, 7) is 0. The van der Waals surface area contributed by atoms with Crippen LogP contribution in [0.2, 0.25) is 0 Å². The average molecular weight is 386 g/mol. The molecule has 0 aliphatic carbocycles. The lowest BCUT2D eigenvalue weighted by Crippen LogP contribution is -2.32. The molecule has 0 fully saturated rings. The number of benzene rings is 3. The van der Waals surface area contributed by atoms with Crippen LogP contribution in [0.25, 0.3) is 28.4 Å². The van der Waals surface area contributed by atoms with Gasteiger partial charge < -0.3 is 4.84 Å². The summed E-state index contributed by atoms with van der Waals surface area (Å²) in [5, 5.41) is 0.304. The molecule has 0 aliphatic heterocycles. The number of fused-ring (bicyclic) bond motifs is 1. The van der Waals surface area contributed by atoms with Crippen LogP contribution in [0.4, 0.5) is 4.39 Å². The second-order valence-electron chi connectivity index (χ2n) is 6.21. The number of nitrogens with zero attached hydrogens (tertiary/aromatic N) is 2. The van der Waals surface area contributed by atoms with Gasteiger partial charge in [0.25, 0.3) is 5.56 Å². The zero-order chi connectivity index (χ0) is 20.2. The highest BCUT2D eigenvalue weighted by molar-refractivity contribution is 5.87. The highest BCUT2D eigenvalue weighted by Crippen LogP contribution is 2.19. The molecule has 142 valence electrons. The van der Waals surface area contributed by atoms with Gasteiger partial charge in [-0.3, -0.25) is 4.79 Å². The Kier molecular flexibility index (Phi) is 4.99. The van der Waals surface area contributed by atoms with Gasteiger partial charge in [-0.15, -0.1) is 4.73 Å². The molecule has 0 aliphatic rings. The number of aromatic nitrogens is 2. The Morgan fingerprint density at radius 3 is 2.38 bits per heavy atom. The monoisotopic (exact) mass is 386 g/mol. The summed E-state index contributed by atoms with van der Waals surface area (Å²) < 4.78 is 14.2. The van der Waals surface area contributed by atoms with Crippen molar-refractivity contribution in [1.82, 2.24) is 9.71 Å². The molecular weight excluding hydrogens is 371 g/mol. The Morgan fingerprint density at radius 2 is 1.62 bits per heavy atom. The summed E-state index contributed by atoms with van der Waals surface area (Å²) in [4.78, 5) is 35.1. The second kappa shape index (κ2) is 7.90. The molecule has 0 bridgehead atoms. The molecule has 29 heavy (non-hydrogen) atoms. The number of halogens is 1. The Morgan fingerprint density at radius 1 is 0.931 bits per heavy atom. The summed E-state index contributed by atoms with van der Waals surface area (Å²) in [5.41, 5.74) is 1.17. The second-order valence-corrected chi connectivity index (χ2v) is 6.21. The normalized spacial score (nSPS) is 11.1. The first-order chi connectivity index (χ1) is 14.1. The minimum atomic E-state index is -0.739. The van der Waals surface area contributed by atoms with Gasteiger partial charge in [0.1, 0.15) is 5.82 Å². The van der Waals surface area contributed by atoms with Crippen molar-refractivity contribution >= 4 is 22.9 Å². The zero-order valence-electron chi connectivity index (χ0n) is 15.2. The predicted molar refractivity (Wildman–Crippen MR) is 108 cm³/mol. The minimum Gasteiger partial charge on any atom is -0.327 e. The van der Waals surface area contributed by atoms with Crippen molar-refractivity contribution in [2.24, 2.45) is 0 Å². The molecule has 1 aromatic heterocycles. The van der Waals surface area contributed by atoms with E-state index in [9.17, 15) is 14.0 Å². The topological polar surface area (TPSA) is 61.2 Å². The molecule has 6 heteroatoms. The first-order valence-corrected chi connectivity index (χ1v) is 8.85. The largest absolute Gasteiger partial charge is 0.356 e. The van der Waals surface area contributed by atoms with Gasteiger partial charge in [-0.1, -0.05) is 42.5 Å². The van der Waals surface area contributed by atoms with Gasteiger partial charge >= 0.3 is 5.97 Å². The Labute approximate surface area is 165 Å². The van der Waals surface area contributed by atoms with Gasteiger partial charge in [-0.05, 0) is 48.0 Å². The third-order valence-electron chi connectivity index (χ3n) is 4.23. The predicted octanol–water partition coefficient (Wildman–Crippen LogP) is 3.87. The van der Waals surface area contributed by atoms with E-state index in [0.717, 1.165) is 10.3 Å². The van der Waals surface area contributed by atoms with Crippen molar-refractivity contribution in [3.63, 3.8) is 0 Å². The lowest BCUT2D eigenvalue weighted by molar-refractivity contribution is -0.138. The first kappa shape index (κ1) is 18.3. The van der Waals surface area contributed by atoms with Crippen LogP contribution in [0, 0.1) is 5.82 Å². The molecular formula is C23H15FN2O3. The summed E-state index contributed by atoms with van der Waals surface area (Å²) in [6, 6.07) is 21.4. The molecule has 0 amide bonds. The van der Waals surface area contributed by atoms with Crippen LogP contribution >= 0.6 is 0 Å². The number of hydrogen-bond acceptors (Lipinski definition) is 4. The molecule has 0 unspecified atom stereocenters. The summed E-state index contributed by atoms with van der Waals surface area (Å²) in [7, 11) is 0.